The first kappa shape index (κ1) is 12.2. The predicted molar refractivity (Wildman–Crippen MR) is 59.9 cm³/mol. The van der Waals surface area contributed by atoms with E-state index in [0.29, 0.717) is 0 Å². The second-order valence-electron chi connectivity index (χ2n) is 3.21. The summed E-state index contributed by atoms with van der Waals surface area (Å²) in [5.41, 5.74) is 0.911. The van der Waals surface area contributed by atoms with Crippen LogP contribution in [0.3, 0.4) is 0 Å². The average Bonchev–Trinajstić information content (AvgIpc) is 2.68. The molecule has 0 aliphatic carbocycles. The molecule has 1 aromatic rings. The lowest BCUT2D eigenvalue weighted by molar-refractivity contribution is 0.563. The molecule has 0 amide bonds. The lowest BCUT2D eigenvalue weighted by atomic mass is 10.2. The maximum absolute atomic E-state index is 11.5. The molecule has 0 spiro atoms. The van der Waals surface area contributed by atoms with E-state index in [1.165, 1.54) is 18.3 Å². The predicted octanol–water partition coefficient (Wildman–Crippen LogP) is 1.64. The summed E-state index contributed by atoms with van der Waals surface area (Å²) >= 11 is 1.51. The van der Waals surface area contributed by atoms with Gasteiger partial charge in [-0.05, 0) is 36.2 Å². The van der Waals surface area contributed by atoms with Crippen LogP contribution in [0.15, 0.2) is 16.8 Å². The van der Waals surface area contributed by atoms with E-state index < -0.39 is 15.3 Å². The van der Waals surface area contributed by atoms with Crippen molar-refractivity contribution in [1.82, 2.24) is 4.72 Å². The first-order valence-electron chi connectivity index (χ1n) is 4.40. The molecule has 0 bridgehead atoms. The van der Waals surface area contributed by atoms with Crippen LogP contribution in [0.1, 0.15) is 25.5 Å². The van der Waals surface area contributed by atoms with Gasteiger partial charge in [-0.3, -0.25) is 0 Å². The van der Waals surface area contributed by atoms with E-state index in [1.807, 2.05) is 16.8 Å². The van der Waals surface area contributed by atoms with Gasteiger partial charge < -0.3 is 0 Å². The van der Waals surface area contributed by atoms with Crippen LogP contribution in [0.5, 0.6) is 0 Å². The highest BCUT2D eigenvalue weighted by Crippen LogP contribution is 2.17. The molecule has 0 radical (unpaired) electrons. The van der Waals surface area contributed by atoms with Crippen molar-refractivity contribution in [2.24, 2.45) is 0 Å². The van der Waals surface area contributed by atoms with Gasteiger partial charge in [-0.2, -0.15) is 16.6 Å². The highest BCUT2D eigenvalue weighted by atomic mass is 32.2. The van der Waals surface area contributed by atoms with Crippen LogP contribution in [0.4, 0.5) is 0 Å². The second kappa shape index (κ2) is 4.75. The van der Waals surface area contributed by atoms with Gasteiger partial charge >= 0.3 is 0 Å². The Morgan fingerprint density at radius 1 is 1.53 bits per heavy atom. The number of sulfonamides is 1. The van der Waals surface area contributed by atoms with Gasteiger partial charge in [-0.1, -0.05) is 0 Å². The fourth-order valence-corrected chi connectivity index (χ4v) is 2.73. The Kier molecular flexibility index (Phi) is 3.85. The van der Waals surface area contributed by atoms with Gasteiger partial charge in [0, 0.05) is 6.04 Å². The second-order valence-corrected chi connectivity index (χ2v) is 6.03. The summed E-state index contributed by atoms with van der Waals surface area (Å²) in [4.78, 5) is 0. The molecular formula is C9H12N2O2S2. The van der Waals surface area contributed by atoms with Gasteiger partial charge in [0.25, 0.3) is 0 Å². The standard InChI is InChI=1S/C9H12N2O2S2/c1-7(5-10)15(12,13)11-8(2)9-3-4-14-6-9/h3-4,6-8,11H,1-2H3. The van der Waals surface area contributed by atoms with Crippen LogP contribution < -0.4 is 4.72 Å². The summed E-state index contributed by atoms with van der Waals surface area (Å²) in [6.07, 6.45) is 0. The Bertz CT molecular complexity index is 445. The van der Waals surface area contributed by atoms with Gasteiger partial charge in [-0.15, -0.1) is 0 Å². The van der Waals surface area contributed by atoms with Crippen molar-refractivity contribution in [1.29, 1.82) is 5.26 Å². The number of nitrogens with one attached hydrogen (secondary N) is 1. The van der Waals surface area contributed by atoms with Gasteiger partial charge in [0.2, 0.25) is 10.0 Å². The maximum atomic E-state index is 11.5. The van der Waals surface area contributed by atoms with Crippen molar-refractivity contribution in [3.63, 3.8) is 0 Å². The number of nitrogens with zero attached hydrogens (tertiary/aromatic N) is 1. The number of nitriles is 1. The maximum Gasteiger partial charge on any atom is 0.228 e. The third-order valence-electron chi connectivity index (χ3n) is 2.03. The molecule has 0 saturated carbocycles. The Balaban J connectivity index is 2.76. The summed E-state index contributed by atoms with van der Waals surface area (Å²) in [6.45, 7) is 3.12. The zero-order valence-electron chi connectivity index (χ0n) is 8.47. The van der Waals surface area contributed by atoms with Gasteiger partial charge in [0.05, 0.1) is 6.07 Å². The molecular weight excluding hydrogens is 232 g/mol. The molecule has 6 heteroatoms. The molecule has 1 heterocycles. The third kappa shape index (κ3) is 3.02. The smallest absolute Gasteiger partial charge is 0.211 e. The molecule has 0 aliphatic rings. The van der Waals surface area contributed by atoms with Crippen molar-refractivity contribution < 1.29 is 8.42 Å². The van der Waals surface area contributed by atoms with E-state index >= 15 is 0 Å². The Morgan fingerprint density at radius 3 is 2.67 bits per heavy atom. The first-order chi connectivity index (χ1) is 6.97. The number of hydrogen-bond donors (Lipinski definition) is 1. The summed E-state index contributed by atoms with van der Waals surface area (Å²) in [6, 6.07) is 3.27. The van der Waals surface area contributed by atoms with Gasteiger partial charge in [0.1, 0.15) is 0 Å². The fraction of sp³-hybridized carbons (Fsp3) is 0.444. The molecule has 0 saturated heterocycles. The van der Waals surface area contributed by atoms with Crippen LogP contribution in [0.25, 0.3) is 0 Å². The minimum atomic E-state index is -3.54. The molecule has 0 aromatic carbocycles. The zero-order valence-corrected chi connectivity index (χ0v) is 10.1. The lowest BCUT2D eigenvalue weighted by Gasteiger charge is -2.13. The van der Waals surface area contributed by atoms with Crippen molar-refractivity contribution in [3.05, 3.63) is 22.4 Å². The van der Waals surface area contributed by atoms with Crippen molar-refractivity contribution >= 4 is 21.4 Å². The summed E-state index contributed by atoms with van der Waals surface area (Å²) in [5, 5.41) is 11.3. The van der Waals surface area contributed by atoms with Crippen LogP contribution in [-0.2, 0) is 10.0 Å². The molecule has 4 nitrogen and oxygen atoms in total. The third-order valence-corrected chi connectivity index (χ3v) is 4.45. The molecule has 1 rings (SSSR count). The number of rotatable bonds is 4. The first-order valence-corrected chi connectivity index (χ1v) is 6.89. The van der Waals surface area contributed by atoms with Crippen molar-refractivity contribution in [2.45, 2.75) is 25.1 Å². The lowest BCUT2D eigenvalue weighted by Crippen LogP contribution is -2.33. The Morgan fingerprint density at radius 2 is 2.20 bits per heavy atom. The monoisotopic (exact) mass is 244 g/mol. The normalized spacial score (nSPS) is 15.5. The largest absolute Gasteiger partial charge is 0.228 e. The summed E-state index contributed by atoms with van der Waals surface area (Å²) in [7, 11) is -3.54. The Hall–Kier alpha value is -0.900. The number of hydrogen-bond acceptors (Lipinski definition) is 4. The highest BCUT2D eigenvalue weighted by Gasteiger charge is 2.22. The molecule has 2 atom stereocenters. The zero-order chi connectivity index (χ0) is 11.5. The Labute approximate surface area is 93.6 Å². The quantitative estimate of drug-likeness (QED) is 0.875. The molecule has 0 fully saturated rings. The molecule has 0 aliphatic heterocycles. The highest BCUT2D eigenvalue weighted by molar-refractivity contribution is 7.90. The van der Waals surface area contributed by atoms with E-state index in [4.69, 9.17) is 5.26 Å². The van der Waals surface area contributed by atoms with Crippen molar-refractivity contribution in [2.75, 3.05) is 0 Å². The number of thiophene rings is 1. The minimum Gasteiger partial charge on any atom is -0.211 e. The molecule has 15 heavy (non-hydrogen) atoms. The van der Waals surface area contributed by atoms with E-state index in [-0.39, 0.29) is 6.04 Å². The van der Waals surface area contributed by atoms with Crippen LogP contribution in [-0.4, -0.2) is 13.7 Å². The molecule has 82 valence electrons. The van der Waals surface area contributed by atoms with Crippen LogP contribution >= 0.6 is 11.3 Å². The van der Waals surface area contributed by atoms with E-state index in [9.17, 15) is 8.42 Å². The SMILES string of the molecule is CC(NS(=O)(=O)C(C)C#N)c1ccsc1. The summed E-state index contributed by atoms with van der Waals surface area (Å²) in [5.74, 6) is 0. The van der Waals surface area contributed by atoms with Gasteiger partial charge in [-0.25, -0.2) is 13.1 Å². The van der Waals surface area contributed by atoms with E-state index in [0.717, 1.165) is 5.56 Å². The van der Waals surface area contributed by atoms with E-state index in [2.05, 4.69) is 4.72 Å². The van der Waals surface area contributed by atoms with Crippen molar-refractivity contribution in [3.8, 4) is 6.07 Å². The molecule has 2 unspecified atom stereocenters. The molecule has 1 N–H and O–H groups in total. The van der Waals surface area contributed by atoms with Crippen LogP contribution in [0.2, 0.25) is 0 Å². The minimum absolute atomic E-state index is 0.294. The van der Waals surface area contributed by atoms with Crippen LogP contribution in [0, 0.1) is 11.3 Å². The fourth-order valence-electron chi connectivity index (χ4n) is 1.01. The molecule has 1 aromatic heterocycles. The van der Waals surface area contributed by atoms with Gasteiger partial charge in [0.15, 0.2) is 5.25 Å². The average molecular weight is 244 g/mol. The topological polar surface area (TPSA) is 70.0 Å². The van der Waals surface area contributed by atoms with E-state index in [1.54, 1.807) is 13.0 Å². The summed E-state index contributed by atoms with van der Waals surface area (Å²) < 4.78 is 25.5.